The molecule has 6 nitrogen and oxygen atoms in total. The Labute approximate surface area is 80.7 Å². The van der Waals surface area contributed by atoms with Crippen molar-refractivity contribution in [1.29, 1.82) is 0 Å². The molecule has 0 fully saturated rings. The maximum atomic E-state index is 5.69. The molecule has 2 rings (SSSR count). The molecular weight excluding hydrogens is 182 g/mol. The summed E-state index contributed by atoms with van der Waals surface area (Å²) in [5, 5.41) is 10.9. The molecule has 0 saturated carbocycles. The lowest BCUT2D eigenvalue weighted by molar-refractivity contribution is 0.412. The first kappa shape index (κ1) is 8.61. The first-order valence-corrected chi connectivity index (χ1v) is 4.18. The Bertz CT molecular complexity index is 405. The predicted octanol–water partition coefficient (Wildman–Crippen LogP) is 0.602. The number of nitrogen functional groups attached to an aromatic ring is 1. The summed E-state index contributed by atoms with van der Waals surface area (Å²) in [5.41, 5.74) is 7.13. The lowest BCUT2D eigenvalue weighted by Gasteiger charge is -1.99. The van der Waals surface area contributed by atoms with Crippen LogP contribution in [0.3, 0.4) is 0 Å². The molecule has 0 aliphatic heterocycles. The van der Waals surface area contributed by atoms with Crippen molar-refractivity contribution in [1.82, 2.24) is 14.9 Å². The van der Waals surface area contributed by atoms with Gasteiger partial charge in [-0.1, -0.05) is 5.16 Å². The van der Waals surface area contributed by atoms with Crippen molar-refractivity contribution in [3.05, 3.63) is 24.2 Å². The number of aromatic nitrogens is 3. The molecule has 0 spiro atoms. The van der Waals surface area contributed by atoms with E-state index in [0.717, 1.165) is 5.69 Å². The van der Waals surface area contributed by atoms with E-state index in [1.54, 1.807) is 16.9 Å². The van der Waals surface area contributed by atoms with E-state index in [1.165, 1.54) is 6.26 Å². The van der Waals surface area contributed by atoms with Gasteiger partial charge in [0.1, 0.15) is 12.0 Å². The molecule has 0 radical (unpaired) electrons. The van der Waals surface area contributed by atoms with Crippen molar-refractivity contribution >= 4 is 11.5 Å². The Morgan fingerprint density at radius 2 is 2.50 bits per heavy atom. The zero-order valence-electron chi connectivity index (χ0n) is 7.77. The van der Waals surface area contributed by atoms with Crippen LogP contribution in [0.5, 0.6) is 0 Å². The van der Waals surface area contributed by atoms with Crippen LogP contribution in [0.4, 0.5) is 11.5 Å². The Kier molecular flexibility index (Phi) is 2.10. The first-order chi connectivity index (χ1) is 6.75. The standard InChI is InChI=1S/C8H11N5O/c1-13-5-7(9)8(11-13)10-4-6-2-3-14-12-6/h2-3,5H,4,9H2,1H3,(H,10,11). The van der Waals surface area contributed by atoms with Gasteiger partial charge in [-0.25, -0.2) is 0 Å². The summed E-state index contributed by atoms with van der Waals surface area (Å²) in [6.07, 6.45) is 3.27. The van der Waals surface area contributed by atoms with Gasteiger partial charge in [-0.3, -0.25) is 4.68 Å². The van der Waals surface area contributed by atoms with Gasteiger partial charge < -0.3 is 15.6 Å². The number of anilines is 2. The SMILES string of the molecule is Cn1cc(N)c(NCc2ccon2)n1. The molecular formula is C8H11N5O. The summed E-state index contributed by atoms with van der Waals surface area (Å²) in [7, 11) is 1.82. The van der Waals surface area contributed by atoms with E-state index >= 15 is 0 Å². The van der Waals surface area contributed by atoms with E-state index in [-0.39, 0.29) is 0 Å². The highest BCUT2D eigenvalue weighted by Crippen LogP contribution is 2.14. The Morgan fingerprint density at radius 1 is 1.64 bits per heavy atom. The largest absolute Gasteiger partial charge is 0.394 e. The summed E-state index contributed by atoms with van der Waals surface area (Å²) in [6, 6.07) is 1.78. The second kappa shape index (κ2) is 3.41. The van der Waals surface area contributed by atoms with E-state index in [0.29, 0.717) is 18.1 Å². The molecule has 0 bridgehead atoms. The van der Waals surface area contributed by atoms with Crippen molar-refractivity contribution in [2.24, 2.45) is 7.05 Å². The minimum absolute atomic E-state index is 0.553. The number of nitrogens with two attached hydrogens (primary N) is 1. The molecule has 0 unspecified atom stereocenters. The minimum atomic E-state index is 0.553. The van der Waals surface area contributed by atoms with Crippen LogP contribution in [-0.2, 0) is 13.6 Å². The maximum Gasteiger partial charge on any atom is 0.171 e. The molecule has 0 saturated heterocycles. The smallest absolute Gasteiger partial charge is 0.171 e. The second-order valence-electron chi connectivity index (χ2n) is 2.95. The molecule has 0 aliphatic carbocycles. The highest BCUT2D eigenvalue weighted by molar-refractivity contribution is 5.59. The minimum Gasteiger partial charge on any atom is -0.394 e. The third kappa shape index (κ3) is 1.68. The monoisotopic (exact) mass is 193 g/mol. The number of rotatable bonds is 3. The van der Waals surface area contributed by atoms with Crippen molar-refractivity contribution in [2.75, 3.05) is 11.1 Å². The first-order valence-electron chi connectivity index (χ1n) is 4.18. The predicted molar refractivity (Wildman–Crippen MR) is 51.5 cm³/mol. The van der Waals surface area contributed by atoms with E-state index in [4.69, 9.17) is 10.3 Å². The lowest BCUT2D eigenvalue weighted by Crippen LogP contribution is -2.02. The summed E-state index contributed by atoms with van der Waals surface area (Å²) in [5.74, 6) is 0.663. The summed E-state index contributed by atoms with van der Waals surface area (Å²) < 4.78 is 6.34. The van der Waals surface area contributed by atoms with Gasteiger partial charge in [0.15, 0.2) is 5.82 Å². The van der Waals surface area contributed by atoms with Gasteiger partial charge in [0, 0.05) is 19.3 Å². The fraction of sp³-hybridized carbons (Fsp3) is 0.250. The van der Waals surface area contributed by atoms with Crippen molar-refractivity contribution in [3.8, 4) is 0 Å². The van der Waals surface area contributed by atoms with Crippen LogP contribution in [0.15, 0.2) is 23.0 Å². The third-order valence-electron chi connectivity index (χ3n) is 1.79. The lowest BCUT2D eigenvalue weighted by atomic mass is 10.4. The molecule has 0 aromatic carbocycles. The highest BCUT2D eigenvalue weighted by Gasteiger charge is 2.03. The van der Waals surface area contributed by atoms with E-state index in [9.17, 15) is 0 Å². The molecule has 2 aromatic heterocycles. The zero-order chi connectivity index (χ0) is 9.97. The zero-order valence-corrected chi connectivity index (χ0v) is 7.77. The fourth-order valence-electron chi connectivity index (χ4n) is 1.15. The van der Waals surface area contributed by atoms with Gasteiger partial charge in [-0.2, -0.15) is 5.10 Å². The van der Waals surface area contributed by atoms with Crippen molar-refractivity contribution in [3.63, 3.8) is 0 Å². The Balaban J connectivity index is 2.01. The fourth-order valence-corrected chi connectivity index (χ4v) is 1.15. The molecule has 0 amide bonds. The third-order valence-corrected chi connectivity index (χ3v) is 1.79. The molecule has 0 aliphatic rings. The average molecular weight is 193 g/mol. The summed E-state index contributed by atoms with van der Waals surface area (Å²) in [6.45, 7) is 0.553. The molecule has 14 heavy (non-hydrogen) atoms. The number of hydrogen-bond donors (Lipinski definition) is 2. The molecule has 74 valence electrons. The van der Waals surface area contributed by atoms with E-state index < -0.39 is 0 Å². The van der Waals surface area contributed by atoms with Gasteiger partial charge in [0.25, 0.3) is 0 Å². The normalized spacial score (nSPS) is 10.4. The van der Waals surface area contributed by atoms with E-state index in [1.807, 2.05) is 7.05 Å². The topological polar surface area (TPSA) is 81.9 Å². The van der Waals surface area contributed by atoms with Crippen LogP contribution in [0, 0.1) is 0 Å². The van der Waals surface area contributed by atoms with Crippen LogP contribution in [-0.4, -0.2) is 14.9 Å². The quantitative estimate of drug-likeness (QED) is 0.746. The van der Waals surface area contributed by atoms with Crippen LogP contribution in [0.25, 0.3) is 0 Å². The maximum absolute atomic E-state index is 5.69. The van der Waals surface area contributed by atoms with Gasteiger partial charge in [-0.15, -0.1) is 0 Å². The van der Waals surface area contributed by atoms with Gasteiger partial charge in [0.2, 0.25) is 0 Å². The number of nitrogens with zero attached hydrogens (tertiary/aromatic N) is 3. The van der Waals surface area contributed by atoms with Gasteiger partial charge >= 0.3 is 0 Å². The van der Waals surface area contributed by atoms with Gasteiger partial charge in [0.05, 0.1) is 12.2 Å². The average Bonchev–Trinajstić information content (AvgIpc) is 2.72. The van der Waals surface area contributed by atoms with Crippen LogP contribution < -0.4 is 11.1 Å². The van der Waals surface area contributed by atoms with Crippen molar-refractivity contribution in [2.45, 2.75) is 6.54 Å². The molecule has 3 N–H and O–H groups in total. The molecule has 2 aromatic rings. The van der Waals surface area contributed by atoms with Crippen LogP contribution in [0.1, 0.15) is 5.69 Å². The Morgan fingerprint density at radius 3 is 3.07 bits per heavy atom. The summed E-state index contributed by atoms with van der Waals surface area (Å²) >= 11 is 0. The number of nitrogens with one attached hydrogen (secondary N) is 1. The van der Waals surface area contributed by atoms with Crippen molar-refractivity contribution < 1.29 is 4.52 Å². The highest BCUT2D eigenvalue weighted by atomic mass is 16.5. The molecule has 2 heterocycles. The van der Waals surface area contributed by atoms with Crippen LogP contribution >= 0.6 is 0 Å². The number of hydrogen-bond acceptors (Lipinski definition) is 5. The van der Waals surface area contributed by atoms with Crippen LogP contribution in [0.2, 0.25) is 0 Å². The molecule has 6 heteroatoms. The Hall–Kier alpha value is -1.98. The number of aryl methyl sites for hydroxylation is 1. The molecule has 0 atom stereocenters. The van der Waals surface area contributed by atoms with E-state index in [2.05, 4.69) is 15.6 Å². The second-order valence-corrected chi connectivity index (χ2v) is 2.95. The van der Waals surface area contributed by atoms with Gasteiger partial charge in [-0.05, 0) is 0 Å². The summed E-state index contributed by atoms with van der Waals surface area (Å²) in [4.78, 5) is 0.